The summed E-state index contributed by atoms with van der Waals surface area (Å²) in [6, 6.07) is 8.97. The third-order valence-corrected chi connectivity index (χ3v) is 6.33. The lowest BCUT2D eigenvalue weighted by Gasteiger charge is -2.55. The average molecular weight is 370 g/mol. The number of carbonyl (C=O) groups excluding carboxylic acids is 3. The van der Waals surface area contributed by atoms with Gasteiger partial charge in [0.05, 0.1) is 0 Å². The second-order valence-corrected chi connectivity index (χ2v) is 8.46. The Morgan fingerprint density at radius 2 is 1.56 bits per heavy atom. The monoisotopic (exact) mass is 370 g/mol. The molecule has 4 saturated carbocycles. The first kappa shape index (κ1) is 18.0. The number of para-hydroxylation sites is 1. The maximum Gasteiger partial charge on any atom is 0.325 e. The Hall–Kier alpha value is -2.37. The first-order chi connectivity index (χ1) is 13.0. The molecule has 0 unspecified atom stereocenters. The summed E-state index contributed by atoms with van der Waals surface area (Å²) in [5.41, 5.74) is 0.369. The minimum absolute atomic E-state index is 0.00714. The van der Waals surface area contributed by atoms with Gasteiger partial charge in [-0.1, -0.05) is 18.2 Å². The molecular formula is C21H26N2O4. The summed E-state index contributed by atoms with van der Waals surface area (Å²) in [6.07, 6.45) is 6.68. The Morgan fingerprint density at radius 1 is 0.963 bits per heavy atom. The van der Waals surface area contributed by atoms with Crippen LogP contribution in [0.5, 0.6) is 0 Å². The lowest BCUT2D eigenvalue weighted by Crippen LogP contribution is -2.54. The highest BCUT2D eigenvalue weighted by molar-refractivity contribution is 5.93. The molecule has 0 heterocycles. The summed E-state index contributed by atoms with van der Waals surface area (Å²) >= 11 is 0. The number of nitrogens with one attached hydrogen (secondary N) is 2. The van der Waals surface area contributed by atoms with Gasteiger partial charge < -0.3 is 15.4 Å². The summed E-state index contributed by atoms with van der Waals surface area (Å²) in [5, 5.41) is 5.42. The zero-order valence-corrected chi connectivity index (χ0v) is 15.4. The first-order valence-corrected chi connectivity index (χ1v) is 9.81. The van der Waals surface area contributed by atoms with E-state index in [-0.39, 0.29) is 24.5 Å². The van der Waals surface area contributed by atoms with Crippen molar-refractivity contribution in [1.82, 2.24) is 5.32 Å². The number of anilines is 1. The molecule has 4 fully saturated rings. The maximum atomic E-state index is 12.8. The summed E-state index contributed by atoms with van der Waals surface area (Å²) in [5.74, 6) is 1.03. The number of rotatable bonds is 6. The quantitative estimate of drug-likeness (QED) is 0.754. The lowest BCUT2D eigenvalue weighted by molar-refractivity contribution is -0.152. The number of benzene rings is 1. The van der Waals surface area contributed by atoms with Crippen LogP contribution in [-0.2, 0) is 19.1 Å². The van der Waals surface area contributed by atoms with Crippen LogP contribution in [0, 0.1) is 23.2 Å². The molecule has 4 bridgehead atoms. The van der Waals surface area contributed by atoms with E-state index in [1.807, 2.05) is 18.2 Å². The Labute approximate surface area is 159 Å². The first-order valence-electron chi connectivity index (χ1n) is 9.81. The maximum absolute atomic E-state index is 12.8. The molecule has 0 saturated heterocycles. The highest BCUT2D eigenvalue weighted by Crippen LogP contribution is 2.60. The second kappa shape index (κ2) is 7.33. The number of hydrogen-bond donors (Lipinski definition) is 2. The molecule has 1 aromatic carbocycles. The van der Waals surface area contributed by atoms with Gasteiger partial charge in [0, 0.05) is 11.1 Å². The van der Waals surface area contributed by atoms with E-state index in [4.69, 9.17) is 4.74 Å². The van der Waals surface area contributed by atoms with E-state index in [0.717, 1.165) is 19.3 Å². The average Bonchev–Trinajstić information content (AvgIpc) is 2.64. The summed E-state index contributed by atoms with van der Waals surface area (Å²) in [7, 11) is 0. The molecule has 27 heavy (non-hydrogen) atoms. The van der Waals surface area contributed by atoms with Crippen molar-refractivity contribution in [2.45, 2.75) is 38.5 Å². The molecule has 0 aliphatic heterocycles. The van der Waals surface area contributed by atoms with Crippen molar-refractivity contribution >= 4 is 23.5 Å². The van der Waals surface area contributed by atoms with Gasteiger partial charge in [0.2, 0.25) is 5.91 Å². The van der Waals surface area contributed by atoms with Gasteiger partial charge in [-0.15, -0.1) is 0 Å². The van der Waals surface area contributed by atoms with Crippen LogP contribution in [0.3, 0.4) is 0 Å². The van der Waals surface area contributed by atoms with Crippen LogP contribution in [0.2, 0.25) is 0 Å². The molecule has 0 spiro atoms. The van der Waals surface area contributed by atoms with Crippen molar-refractivity contribution in [2.24, 2.45) is 23.2 Å². The fraction of sp³-hybridized carbons (Fsp3) is 0.571. The molecule has 0 aromatic heterocycles. The Balaban J connectivity index is 1.21. The second-order valence-electron chi connectivity index (χ2n) is 8.46. The molecule has 5 rings (SSSR count). The zero-order valence-electron chi connectivity index (χ0n) is 15.4. The lowest BCUT2D eigenvalue weighted by atomic mass is 9.49. The molecule has 2 amide bonds. The normalized spacial score (nSPS) is 30.6. The van der Waals surface area contributed by atoms with Gasteiger partial charge in [0.15, 0.2) is 6.61 Å². The molecule has 144 valence electrons. The van der Waals surface area contributed by atoms with Crippen LogP contribution < -0.4 is 10.6 Å². The Bertz CT molecular complexity index is 696. The topological polar surface area (TPSA) is 84.5 Å². The van der Waals surface area contributed by atoms with E-state index < -0.39 is 11.9 Å². The molecular weight excluding hydrogens is 344 g/mol. The van der Waals surface area contributed by atoms with Crippen LogP contribution in [0.1, 0.15) is 38.5 Å². The van der Waals surface area contributed by atoms with E-state index in [9.17, 15) is 14.4 Å². The van der Waals surface area contributed by atoms with Gasteiger partial charge in [-0.25, -0.2) is 0 Å². The largest absolute Gasteiger partial charge is 0.454 e. The van der Waals surface area contributed by atoms with Gasteiger partial charge in [0.1, 0.15) is 6.54 Å². The number of hydrogen-bond acceptors (Lipinski definition) is 4. The van der Waals surface area contributed by atoms with Crippen molar-refractivity contribution in [3.05, 3.63) is 30.3 Å². The molecule has 6 nitrogen and oxygen atoms in total. The van der Waals surface area contributed by atoms with Crippen molar-refractivity contribution in [3.8, 4) is 0 Å². The molecule has 6 heteroatoms. The Morgan fingerprint density at radius 3 is 2.15 bits per heavy atom. The third-order valence-electron chi connectivity index (χ3n) is 6.33. The van der Waals surface area contributed by atoms with Crippen molar-refractivity contribution in [1.29, 1.82) is 0 Å². The third kappa shape index (κ3) is 3.99. The summed E-state index contributed by atoms with van der Waals surface area (Å²) in [4.78, 5) is 36.5. The van der Waals surface area contributed by atoms with Crippen molar-refractivity contribution in [2.75, 3.05) is 18.5 Å². The minimum atomic E-state index is -0.587. The van der Waals surface area contributed by atoms with Crippen LogP contribution >= 0.6 is 0 Å². The van der Waals surface area contributed by atoms with Gasteiger partial charge in [-0.3, -0.25) is 14.4 Å². The number of amides is 2. The molecule has 0 atom stereocenters. The molecule has 0 radical (unpaired) electrons. The number of carbonyl (C=O) groups is 3. The highest BCUT2D eigenvalue weighted by atomic mass is 16.5. The molecule has 4 aliphatic rings. The standard InChI is InChI=1S/C21H26N2O4/c24-18(23-17-4-2-1-3-5-17)13-27-19(25)12-22-20(26)21-9-14-6-15(10-21)8-16(7-14)11-21/h1-5,14-16H,6-13H2,(H,22,26)(H,23,24). The van der Waals surface area contributed by atoms with Crippen LogP contribution in [0.25, 0.3) is 0 Å². The van der Waals surface area contributed by atoms with E-state index in [0.29, 0.717) is 23.4 Å². The highest BCUT2D eigenvalue weighted by Gasteiger charge is 2.54. The predicted molar refractivity (Wildman–Crippen MR) is 99.6 cm³/mol. The SMILES string of the molecule is O=C(COC(=O)CNC(=O)C12CC3CC(CC(C3)C1)C2)Nc1ccccc1. The van der Waals surface area contributed by atoms with Crippen molar-refractivity contribution in [3.63, 3.8) is 0 Å². The zero-order chi connectivity index (χ0) is 18.9. The summed E-state index contributed by atoms with van der Waals surface area (Å²) < 4.78 is 4.98. The number of ether oxygens (including phenoxy) is 1. The molecule has 4 aliphatic carbocycles. The van der Waals surface area contributed by atoms with Gasteiger partial charge in [-0.2, -0.15) is 0 Å². The molecule has 2 N–H and O–H groups in total. The van der Waals surface area contributed by atoms with E-state index in [1.54, 1.807) is 12.1 Å². The van der Waals surface area contributed by atoms with E-state index in [1.165, 1.54) is 19.3 Å². The van der Waals surface area contributed by atoms with Crippen LogP contribution in [0.4, 0.5) is 5.69 Å². The Kier molecular flexibility index (Phi) is 4.89. The van der Waals surface area contributed by atoms with Gasteiger partial charge in [0.25, 0.3) is 5.91 Å². The van der Waals surface area contributed by atoms with E-state index >= 15 is 0 Å². The van der Waals surface area contributed by atoms with Gasteiger partial charge >= 0.3 is 5.97 Å². The molecule has 1 aromatic rings. The predicted octanol–water partition coefficient (Wildman–Crippen LogP) is 2.50. The van der Waals surface area contributed by atoms with Crippen LogP contribution in [0.15, 0.2) is 30.3 Å². The fourth-order valence-corrected chi connectivity index (χ4v) is 5.64. The number of esters is 1. The fourth-order valence-electron chi connectivity index (χ4n) is 5.64. The van der Waals surface area contributed by atoms with Crippen LogP contribution in [-0.4, -0.2) is 30.9 Å². The van der Waals surface area contributed by atoms with Gasteiger partial charge in [-0.05, 0) is 68.4 Å². The van der Waals surface area contributed by atoms with E-state index in [2.05, 4.69) is 10.6 Å². The minimum Gasteiger partial charge on any atom is -0.454 e. The summed E-state index contributed by atoms with van der Waals surface area (Å²) in [6.45, 7) is -0.542. The smallest absolute Gasteiger partial charge is 0.325 e. The van der Waals surface area contributed by atoms with Crippen molar-refractivity contribution < 1.29 is 19.1 Å².